The number of benzene rings is 5. The Labute approximate surface area is 393 Å². The largest absolute Gasteiger partial charge is 0.489 e. The zero-order valence-corrected chi connectivity index (χ0v) is 38.7. The summed E-state index contributed by atoms with van der Waals surface area (Å²) in [6, 6.07) is 28.4. The number of fused-ring (bicyclic) bond motifs is 2. The van der Waals surface area contributed by atoms with E-state index in [0.29, 0.717) is 11.5 Å². The third-order valence-electron chi connectivity index (χ3n) is 9.11. The molecule has 15 nitrogen and oxygen atoms in total. The number of nitrogens with one attached hydrogen (secondary N) is 4. The van der Waals surface area contributed by atoms with Crippen molar-refractivity contribution in [2.45, 2.75) is 79.1 Å². The van der Waals surface area contributed by atoms with Crippen molar-refractivity contribution in [3.05, 3.63) is 115 Å². The van der Waals surface area contributed by atoms with Crippen molar-refractivity contribution in [3.8, 4) is 22.6 Å². The third-order valence-corrected chi connectivity index (χ3v) is 9.11. The van der Waals surface area contributed by atoms with Gasteiger partial charge in [0.2, 0.25) is 11.9 Å². The molecule has 0 aliphatic carbocycles. The van der Waals surface area contributed by atoms with Crippen molar-refractivity contribution < 1.29 is 47.7 Å². The maximum absolute atomic E-state index is 13.9. The lowest BCUT2D eigenvalue weighted by Gasteiger charge is -2.22. The molecule has 0 aliphatic heterocycles. The highest BCUT2D eigenvalue weighted by Crippen LogP contribution is 2.45. The molecule has 0 spiro atoms. The molecule has 0 radical (unpaired) electrons. The summed E-state index contributed by atoms with van der Waals surface area (Å²) in [7, 11) is 1.25. The average molecular weight is 924 g/mol. The second-order valence-corrected chi connectivity index (χ2v) is 16.5. The van der Waals surface area contributed by atoms with Crippen LogP contribution in [-0.4, -0.2) is 80.0 Å². The Kier molecular flexibility index (Phi) is 19.6. The molecule has 4 amide bonds. The van der Waals surface area contributed by atoms with E-state index >= 15 is 0 Å². The Bertz CT molecular complexity index is 2520. The quantitative estimate of drug-likeness (QED) is 0.0196. The molecule has 16 heteroatoms. The number of ether oxygens (including phenoxy) is 5. The summed E-state index contributed by atoms with van der Waals surface area (Å²) in [6.07, 6.45) is 0.165. The third kappa shape index (κ3) is 15.6. The molecule has 5 rings (SSSR count). The molecule has 0 aliphatic rings. The first-order valence-electron chi connectivity index (χ1n) is 20.7. The van der Waals surface area contributed by atoms with Gasteiger partial charge in [0, 0.05) is 23.4 Å². The Morgan fingerprint density at radius 1 is 0.727 bits per heavy atom. The highest BCUT2D eigenvalue weighted by Gasteiger charge is 2.25. The van der Waals surface area contributed by atoms with Gasteiger partial charge in [-0.3, -0.25) is 25.2 Å². The molecule has 0 heterocycles. The SMILES string of the molecule is C.C=CCOc1ccc2ccccc2c1-c1c(OCC(=O)N[C@H](CCCN=C(NC(=O)OC(C)(C)C)NC(=O)OC(C)(C)C)C(=O)Nc2cccc(C(=O)OC)c2)ccc2ccccc12.S. The van der Waals surface area contributed by atoms with Crippen LogP contribution in [0, 0.1) is 0 Å². The van der Waals surface area contributed by atoms with Gasteiger partial charge in [-0.05, 0) is 106 Å². The van der Waals surface area contributed by atoms with Gasteiger partial charge < -0.3 is 34.3 Å². The molecule has 1 atom stereocenters. The first-order chi connectivity index (χ1) is 30.4. The molecule has 0 saturated heterocycles. The molecular formula is C50H61N5O10S. The van der Waals surface area contributed by atoms with Crippen molar-refractivity contribution in [1.29, 1.82) is 0 Å². The fourth-order valence-corrected chi connectivity index (χ4v) is 6.52. The summed E-state index contributed by atoms with van der Waals surface area (Å²) in [4.78, 5) is 69.6. The first-order valence-corrected chi connectivity index (χ1v) is 20.7. The smallest absolute Gasteiger partial charge is 0.414 e. The highest BCUT2D eigenvalue weighted by atomic mass is 32.1. The van der Waals surface area contributed by atoms with Gasteiger partial charge in [0.1, 0.15) is 35.3 Å². The number of nitrogens with zero attached hydrogens (tertiary/aromatic N) is 1. The molecular weight excluding hydrogens is 863 g/mol. The van der Waals surface area contributed by atoms with Gasteiger partial charge >= 0.3 is 18.2 Å². The van der Waals surface area contributed by atoms with E-state index in [1.807, 2.05) is 66.7 Å². The number of esters is 1. The molecule has 352 valence electrons. The van der Waals surface area contributed by atoms with E-state index in [1.54, 1.807) is 65.8 Å². The molecule has 66 heavy (non-hydrogen) atoms. The minimum Gasteiger partial charge on any atom is -0.489 e. The van der Waals surface area contributed by atoms with Gasteiger partial charge in [-0.15, -0.1) is 0 Å². The van der Waals surface area contributed by atoms with Gasteiger partial charge in [-0.25, -0.2) is 14.4 Å². The number of hydrogen-bond donors (Lipinski definition) is 4. The molecule has 0 bridgehead atoms. The Morgan fingerprint density at radius 3 is 1.80 bits per heavy atom. The van der Waals surface area contributed by atoms with Crippen molar-refractivity contribution in [3.63, 3.8) is 0 Å². The molecule has 5 aromatic carbocycles. The van der Waals surface area contributed by atoms with Gasteiger partial charge in [0.05, 0.1) is 12.7 Å². The maximum Gasteiger partial charge on any atom is 0.414 e. The Balaban J connectivity index is 0.00000578. The minimum atomic E-state index is -1.14. The standard InChI is InChI=1S/C49H55N5O10.CH4.H2S/c1-9-28-61-38-25-23-31-16-10-12-20-35(31)41(38)42-36-21-13-11-17-32(36)24-26-39(42)62-30-40(55)52-37(43(56)51-34-19-14-18-33(29-34)44(57)60-8)22-15-27-50-45(53-46(58)63-48(2,3)4)54-47(59)64-49(5,6)7;;/h9-14,16-21,23-26,29,37H,1,15,22,27-28,30H2,2-8H3,(H,51,56)(H,52,55)(H2,50,53,54,58,59);1H4;1H2/t37-;;/m1../s1. The summed E-state index contributed by atoms with van der Waals surface area (Å²) >= 11 is 0. The van der Waals surface area contributed by atoms with Crippen LogP contribution >= 0.6 is 13.5 Å². The van der Waals surface area contributed by atoms with Crippen LogP contribution in [0.25, 0.3) is 32.7 Å². The van der Waals surface area contributed by atoms with Crippen LogP contribution in [-0.2, 0) is 23.8 Å². The maximum atomic E-state index is 13.9. The number of guanidine groups is 1. The number of rotatable bonds is 15. The monoisotopic (exact) mass is 923 g/mol. The highest BCUT2D eigenvalue weighted by molar-refractivity contribution is 7.59. The number of carbonyl (C=O) groups excluding carboxylic acids is 5. The van der Waals surface area contributed by atoms with E-state index < -0.39 is 53.8 Å². The van der Waals surface area contributed by atoms with Crippen LogP contribution in [0.15, 0.2) is 115 Å². The summed E-state index contributed by atoms with van der Waals surface area (Å²) in [6.45, 7) is 13.7. The fraction of sp³-hybridized carbons (Fsp3) is 0.320. The normalized spacial score (nSPS) is 11.3. The summed E-state index contributed by atoms with van der Waals surface area (Å²) in [5.41, 5.74) is 0.318. The van der Waals surface area contributed by atoms with Gasteiger partial charge in [-0.1, -0.05) is 86.8 Å². The number of anilines is 1. The van der Waals surface area contributed by atoms with E-state index in [9.17, 15) is 24.0 Å². The molecule has 0 unspecified atom stereocenters. The zero-order valence-electron chi connectivity index (χ0n) is 37.7. The van der Waals surface area contributed by atoms with Crippen LogP contribution < -0.4 is 30.7 Å². The van der Waals surface area contributed by atoms with Crippen LogP contribution in [0.1, 0.15) is 72.2 Å². The lowest BCUT2D eigenvalue weighted by molar-refractivity contribution is -0.128. The topological polar surface area (TPSA) is 192 Å². The van der Waals surface area contributed by atoms with Gasteiger partial charge in [-0.2, -0.15) is 13.5 Å². The van der Waals surface area contributed by atoms with E-state index in [4.69, 9.17) is 23.7 Å². The second kappa shape index (κ2) is 24.3. The number of methoxy groups -OCH3 is 1. The predicted octanol–water partition coefficient (Wildman–Crippen LogP) is 9.45. The predicted molar refractivity (Wildman–Crippen MR) is 264 cm³/mol. The summed E-state index contributed by atoms with van der Waals surface area (Å²) in [5.74, 6) is -1.02. The molecule has 4 N–H and O–H groups in total. The fourth-order valence-electron chi connectivity index (χ4n) is 6.52. The van der Waals surface area contributed by atoms with Gasteiger partial charge in [0.25, 0.3) is 5.91 Å². The lowest BCUT2D eigenvalue weighted by Crippen LogP contribution is -2.47. The molecule has 5 aromatic rings. The lowest BCUT2D eigenvalue weighted by atomic mass is 9.92. The number of aliphatic imine (C=N–C) groups is 1. The van der Waals surface area contributed by atoms with Crippen molar-refractivity contribution in [2.24, 2.45) is 4.99 Å². The second-order valence-electron chi connectivity index (χ2n) is 16.5. The van der Waals surface area contributed by atoms with Crippen LogP contribution in [0.3, 0.4) is 0 Å². The Hall–Kier alpha value is -7.07. The molecule has 0 aromatic heterocycles. The van der Waals surface area contributed by atoms with Gasteiger partial charge in [0.15, 0.2) is 6.61 Å². The van der Waals surface area contributed by atoms with Crippen molar-refractivity contribution >= 4 is 76.7 Å². The minimum absolute atomic E-state index is 0. The number of alkyl carbamates (subject to hydrolysis) is 2. The van der Waals surface area contributed by atoms with E-state index in [0.717, 1.165) is 32.7 Å². The van der Waals surface area contributed by atoms with E-state index in [-0.39, 0.29) is 64.1 Å². The average Bonchev–Trinajstić information content (AvgIpc) is 3.23. The first kappa shape index (κ1) is 53.3. The summed E-state index contributed by atoms with van der Waals surface area (Å²) < 4.78 is 28.0. The molecule has 0 saturated carbocycles. The van der Waals surface area contributed by atoms with Crippen molar-refractivity contribution in [2.75, 3.05) is 32.2 Å². The van der Waals surface area contributed by atoms with Crippen LogP contribution in [0.5, 0.6) is 11.5 Å². The summed E-state index contributed by atoms with van der Waals surface area (Å²) in [5, 5.41) is 14.1. The number of carbonyl (C=O) groups is 5. The number of amides is 4. The number of hydrogen-bond acceptors (Lipinski definition) is 11. The van der Waals surface area contributed by atoms with Crippen molar-refractivity contribution in [1.82, 2.24) is 16.0 Å². The van der Waals surface area contributed by atoms with Crippen LogP contribution in [0.4, 0.5) is 15.3 Å². The molecule has 0 fully saturated rings. The zero-order chi connectivity index (χ0) is 46.4. The van der Waals surface area contributed by atoms with Crippen LogP contribution in [0.2, 0.25) is 0 Å². The Morgan fingerprint density at radius 2 is 1.27 bits per heavy atom. The van der Waals surface area contributed by atoms with E-state index in [1.165, 1.54) is 19.2 Å². The van der Waals surface area contributed by atoms with E-state index in [2.05, 4.69) is 32.8 Å².